The Labute approximate surface area is 99.1 Å². The summed E-state index contributed by atoms with van der Waals surface area (Å²) in [5.74, 6) is -0.276. The van der Waals surface area contributed by atoms with E-state index in [-0.39, 0.29) is 5.82 Å². The Kier molecular flexibility index (Phi) is 3.27. The van der Waals surface area contributed by atoms with Crippen molar-refractivity contribution < 1.29 is 4.39 Å². The van der Waals surface area contributed by atoms with Gasteiger partial charge in [0.15, 0.2) is 0 Å². The van der Waals surface area contributed by atoms with Gasteiger partial charge in [0.2, 0.25) is 0 Å². The summed E-state index contributed by atoms with van der Waals surface area (Å²) in [7, 11) is 0. The van der Waals surface area contributed by atoms with Crippen molar-refractivity contribution in [2.45, 2.75) is 13.3 Å². The van der Waals surface area contributed by atoms with Gasteiger partial charge in [-0.05, 0) is 24.6 Å². The fourth-order valence-corrected chi connectivity index (χ4v) is 1.60. The minimum atomic E-state index is -0.276. The molecule has 2 aromatic rings. The highest BCUT2D eigenvalue weighted by Crippen LogP contribution is 2.22. The molecule has 0 saturated carbocycles. The van der Waals surface area contributed by atoms with Crippen molar-refractivity contribution in [2.75, 3.05) is 17.6 Å². The van der Waals surface area contributed by atoms with Crippen LogP contribution in [0.5, 0.6) is 0 Å². The maximum Gasteiger partial charge on any atom is 0.128 e. The number of aryl methyl sites for hydroxylation is 1. The molecule has 1 aromatic heterocycles. The number of anilines is 2. The van der Waals surface area contributed by atoms with Gasteiger partial charge in [-0.3, -0.25) is 0 Å². The fraction of sp³-hybridized carbons (Fsp3) is 0.250. The summed E-state index contributed by atoms with van der Waals surface area (Å²) in [5.41, 5.74) is 8.56. The lowest BCUT2D eigenvalue weighted by Crippen LogP contribution is -2.07. The summed E-state index contributed by atoms with van der Waals surface area (Å²) in [6.07, 6.45) is 4.24. The number of hydrogen-bond acceptors (Lipinski definition) is 3. The van der Waals surface area contributed by atoms with Gasteiger partial charge in [-0.25, -0.2) is 9.37 Å². The monoisotopic (exact) mass is 234 g/mol. The molecule has 0 bridgehead atoms. The molecule has 0 saturated heterocycles. The summed E-state index contributed by atoms with van der Waals surface area (Å²) >= 11 is 0. The van der Waals surface area contributed by atoms with E-state index in [4.69, 9.17) is 5.73 Å². The van der Waals surface area contributed by atoms with Crippen LogP contribution in [0.1, 0.15) is 11.3 Å². The van der Waals surface area contributed by atoms with Gasteiger partial charge in [0.1, 0.15) is 5.82 Å². The van der Waals surface area contributed by atoms with Gasteiger partial charge in [0.25, 0.3) is 0 Å². The topological polar surface area (TPSA) is 66.7 Å². The second kappa shape index (κ2) is 4.86. The smallest absolute Gasteiger partial charge is 0.128 e. The van der Waals surface area contributed by atoms with E-state index < -0.39 is 0 Å². The van der Waals surface area contributed by atoms with Crippen molar-refractivity contribution in [3.05, 3.63) is 41.7 Å². The number of nitrogens with two attached hydrogens (primary N) is 1. The zero-order chi connectivity index (χ0) is 12.3. The number of nitrogens with zero attached hydrogens (tertiary/aromatic N) is 1. The normalized spacial score (nSPS) is 10.5. The van der Waals surface area contributed by atoms with Crippen LogP contribution in [0.3, 0.4) is 0 Å². The predicted molar refractivity (Wildman–Crippen MR) is 66.3 cm³/mol. The van der Waals surface area contributed by atoms with E-state index in [9.17, 15) is 4.39 Å². The molecule has 0 aliphatic rings. The molecule has 4 N–H and O–H groups in total. The van der Waals surface area contributed by atoms with Crippen molar-refractivity contribution in [2.24, 2.45) is 0 Å². The van der Waals surface area contributed by atoms with Gasteiger partial charge in [-0.1, -0.05) is 0 Å². The van der Waals surface area contributed by atoms with E-state index >= 15 is 0 Å². The number of halogens is 1. The molecule has 5 heteroatoms. The van der Waals surface area contributed by atoms with Crippen LogP contribution >= 0.6 is 0 Å². The van der Waals surface area contributed by atoms with E-state index in [1.807, 2.05) is 0 Å². The van der Waals surface area contributed by atoms with Gasteiger partial charge in [0, 0.05) is 24.9 Å². The average Bonchev–Trinajstić information content (AvgIpc) is 2.78. The third kappa shape index (κ3) is 2.75. The van der Waals surface area contributed by atoms with E-state index in [2.05, 4.69) is 15.3 Å². The van der Waals surface area contributed by atoms with E-state index in [0.717, 1.165) is 24.3 Å². The van der Waals surface area contributed by atoms with Crippen LogP contribution in [0.4, 0.5) is 15.8 Å². The van der Waals surface area contributed by atoms with Crippen molar-refractivity contribution in [1.29, 1.82) is 0 Å². The molecule has 17 heavy (non-hydrogen) atoms. The molecule has 0 radical (unpaired) electrons. The number of nitrogens with one attached hydrogen (secondary N) is 2. The highest BCUT2D eigenvalue weighted by atomic mass is 19.1. The van der Waals surface area contributed by atoms with Crippen molar-refractivity contribution in [1.82, 2.24) is 9.97 Å². The lowest BCUT2D eigenvalue weighted by Gasteiger charge is -2.10. The van der Waals surface area contributed by atoms with Crippen molar-refractivity contribution in [3.63, 3.8) is 0 Å². The highest BCUT2D eigenvalue weighted by Gasteiger charge is 2.04. The third-order valence-electron chi connectivity index (χ3n) is 2.60. The molecule has 0 fully saturated rings. The first-order valence-electron chi connectivity index (χ1n) is 5.43. The summed E-state index contributed by atoms with van der Waals surface area (Å²) < 4.78 is 13.2. The summed E-state index contributed by atoms with van der Waals surface area (Å²) in [6, 6.07) is 3.06. The minimum absolute atomic E-state index is 0.276. The summed E-state index contributed by atoms with van der Waals surface area (Å²) in [5, 5.41) is 3.18. The first kappa shape index (κ1) is 11.4. The number of aromatic nitrogens is 2. The molecule has 1 aromatic carbocycles. The van der Waals surface area contributed by atoms with Crippen molar-refractivity contribution >= 4 is 11.4 Å². The minimum Gasteiger partial charge on any atom is -0.397 e. The molecule has 2 rings (SSSR count). The fourth-order valence-electron chi connectivity index (χ4n) is 1.60. The Morgan fingerprint density at radius 2 is 2.29 bits per heavy atom. The van der Waals surface area contributed by atoms with Gasteiger partial charge in [-0.2, -0.15) is 0 Å². The Morgan fingerprint density at radius 3 is 3.00 bits per heavy atom. The quantitative estimate of drug-likeness (QED) is 0.710. The highest BCUT2D eigenvalue weighted by molar-refractivity contribution is 5.67. The van der Waals surface area contributed by atoms with Crippen LogP contribution in [-0.2, 0) is 6.42 Å². The molecular formula is C12H15FN4. The van der Waals surface area contributed by atoms with E-state index in [0.29, 0.717) is 11.3 Å². The zero-order valence-electron chi connectivity index (χ0n) is 9.63. The Morgan fingerprint density at radius 1 is 1.47 bits per heavy atom. The third-order valence-corrected chi connectivity index (χ3v) is 2.60. The first-order chi connectivity index (χ1) is 8.16. The standard InChI is InChI=1S/C12H15FN4/c1-8-4-12(11(14)5-10(8)13)16-3-2-9-6-15-7-17-9/h4-7,16H,2-3,14H2,1H3,(H,15,17). The average molecular weight is 234 g/mol. The molecule has 0 aliphatic carbocycles. The number of rotatable bonds is 4. The van der Waals surface area contributed by atoms with Gasteiger partial charge in [-0.15, -0.1) is 0 Å². The SMILES string of the molecule is Cc1cc(NCCc2cnc[nH]2)c(N)cc1F. The van der Waals surface area contributed by atoms with Crippen LogP contribution in [0.2, 0.25) is 0 Å². The molecule has 90 valence electrons. The maximum atomic E-state index is 13.2. The maximum absolute atomic E-state index is 13.2. The molecular weight excluding hydrogens is 219 g/mol. The molecule has 0 atom stereocenters. The number of benzene rings is 1. The number of hydrogen-bond donors (Lipinski definition) is 3. The van der Waals surface area contributed by atoms with Gasteiger partial charge in [0.05, 0.1) is 17.7 Å². The lowest BCUT2D eigenvalue weighted by atomic mass is 10.1. The molecule has 0 spiro atoms. The second-order valence-corrected chi connectivity index (χ2v) is 3.94. The zero-order valence-corrected chi connectivity index (χ0v) is 9.63. The molecule has 0 aliphatic heterocycles. The first-order valence-corrected chi connectivity index (χ1v) is 5.43. The predicted octanol–water partition coefficient (Wildman–Crippen LogP) is 2.09. The number of aromatic amines is 1. The Hall–Kier alpha value is -2.04. The van der Waals surface area contributed by atoms with Crippen LogP contribution in [0.25, 0.3) is 0 Å². The summed E-state index contributed by atoms with van der Waals surface area (Å²) in [4.78, 5) is 6.95. The molecule has 4 nitrogen and oxygen atoms in total. The number of imidazole rings is 1. The second-order valence-electron chi connectivity index (χ2n) is 3.94. The largest absolute Gasteiger partial charge is 0.397 e. The van der Waals surface area contributed by atoms with Crippen LogP contribution in [0.15, 0.2) is 24.7 Å². The molecule has 0 unspecified atom stereocenters. The van der Waals surface area contributed by atoms with Gasteiger partial charge < -0.3 is 16.0 Å². The number of nitrogen functional groups attached to an aromatic ring is 1. The number of H-pyrrole nitrogens is 1. The lowest BCUT2D eigenvalue weighted by molar-refractivity contribution is 0.619. The van der Waals surface area contributed by atoms with Crippen molar-refractivity contribution in [3.8, 4) is 0 Å². The molecule has 0 amide bonds. The Balaban J connectivity index is 1.97. The van der Waals surface area contributed by atoms with Crippen LogP contribution in [0, 0.1) is 12.7 Å². The molecule has 1 heterocycles. The van der Waals surface area contributed by atoms with Crippen LogP contribution in [-0.4, -0.2) is 16.5 Å². The van der Waals surface area contributed by atoms with E-state index in [1.165, 1.54) is 6.07 Å². The summed E-state index contributed by atoms with van der Waals surface area (Å²) in [6.45, 7) is 2.44. The van der Waals surface area contributed by atoms with Crippen LogP contribution < -0.4 is 11.1 Å². The van der Waals surface area contributed by atoms with E-state index in [1.54, 1.807) is 25.5 Å². The van der Waals surface area contributed by atoms with Gasteiger partial charge >= 0.3 is 0 Å². The Bertz CT molecular complexity index is 493.